The maximum Gasteiger partial charge on any atom is 0.255 e. The molecular weight excluding hydrogens is 340 g/mol. The zero-order chi connectivity index (χ0) is 19.1. The lowest BCUT2D eigenvalue weighted by atomic mass is 10.1. The Morgan fingerprint density at radius 1 is 0.815 bits per heavy atom. The summed E-state index contributed by atoms with van der Waals surface area (Å²) in [5.74, 6) is 0.240. The van der Waals surface area contributed by atoms with Gasteiger partial charge in [0.05, 0.1) is 19.2 Å². The Balaban J connectivity index is 1.61. The zero-order valence-corrected chi connectivity index (χ0v) is 14.9. The number of ether oxygens (including phenoxy) is 1. The van der Waals surface area contributed by atoms with Crippen molar-refractivity contribution < 1.29 is 14.3 Å². The second kappa shape index (κ2) is 8.67. The molecule has 0 aliphatic heterocycles. The molecule has 0 heterocycles. The maximum atomic E-state index is 12.4. The molecule has 0 aliphatic rings. The van der Waals surface area contributed by atoms with Crippen molar-refractivity contribution in [1.82, 2.24) is 0 Å². The van der Waals surface area contributed by atoms with Crippen LogP contribution in [0.3, 0.4) is 0 Å². The topological polar surface area (TPSA) is 67.4 Å². The number of carbonyl (C=O) groups is 2. The Hall–Kier alpha value is -3.60. The molecule has 0 bridgehead atoms. The fraction of sp³-hybridized carbons (Fsp3) is 0.0909. The molecule has 0 spiro atoms. The third kappa shape index (κ3) is 4.95. The van der Waals surface area contributed by atoms with Gasteiger partial charge in [0.2, 0.25) is 5.91 Å². The van der Waals surface area contributed by atoms with E-state index in [-0.39, 0.29) is 11.8 Å². The van der Waals surface area contributed by atoms with E-state index in [1.54, 1.807) is 43.5 Å². The van der Waals surface area contributed by atoms with Gasteiger partial charge in [-0.1, -0.05) is 42.5 Å². The van der Waals surface area contributed by atoms with Crippen LogP contribution in [0.5, 0.6) is 5.75 Å². The van der Waals surface area contributed by atoms with Crippen LogP contribution in [-0.4, -0.2) is 18.9 Å². The van der Waals surface area contributed by atoms with Crippen LogP contribution in [-0.2, 0) is 11.2 Å². The molecule has 3 aromatic rings. The van der Waals surface area contributed by atoms with Crippen molar-refractivity contribution >= 4 is 23.2 Å². The van der Waals surface area contributed by atoms with Gasteiger partial charge in [-0.05, 0) is 42.0 Å². The molecule has 0 aliphatic carbocycles. The van der Waals surface area contributed by atoms with Crippen LogP contribution in [0.4, 0.5) is 11.4 Å². The van der Waals surface area contributed by atoms with Gasteiger partial charge in [0, 0.05) is 11.3 Å². The third-order valence-corrected chi connectivity index (χ3v) is 3.99. The summed E-state index contributed by atoms with van der Waals surface area (Å²) >= 11 is 0. The quantitative estimate of drug-likeness (QED) is 0.695. The predicted octanol–water partition coefficient (Wildman–Crippen LogP) is 4.13. The number of hydrogen-bond acceptors (Lipinski definition) is 3. The van der Waals surface area contributed by atoms with Gasteiger partial charge in [0.15, 0.2) is 0 Å². The van der Waals surface area contributed by atoms with Gasteiger partial charge in [-0.2, -0.15) is 0 Å². The number of amides is 2. The highest BCUT2D eigenvalue weighted by atomic mass is 16.5. The highest BCUT2D eigenvalue weighted by Crippen LogP contribution is 2.23. The van der Waals surface area contributed by atoms with E-state index in [4.69, 9.17) is 4.74 Å². The average Bonchev–Trinajstić information content (AvgIpc) is 2.69. The number of anilines is 2. The standard InChI is InChI=1S/C22H20N2O3/c1-27-20-10-6-5-9-19(20)24-22(26)17-11-13-18(14-12-17)23-21(25)15-16-7-3-2-4-8-16/h2-14H,15H2,1H3,(H,23,25)(H,24,26). The number of nitrogens with one attached hydrogen (secondary N) is 2. The third-order valence-electron chi connectivity index (χ3n) is 3.99. The lowest BCUT2D eigenvalue weighted by molar-refractivity contribution is -0.115. The molecule has 0 atom stereocenters. The molecule has 0 saturated heterocycles. The molecule has 0 saturated carbocycles. The second-order valence-corrected chi connectivity index (χ2v) is 5.94. The SMILES string of the molecule is COc1ccccc1NC(=O)c1ccc(NC(=O)Cc2ccccc2)cc1. The number of rotatable bonds is 6. The largest absolute Gasteiger partial charge is 0.495 e. The number of benzene rings is 3. The van der Waals surface area contributed by atoms with Crippen LogP contribution in [0.1, 0.15) is 15.9 Å². The molecule has 2 N–H and O–H groups in total. The highest BCUT2D eigenvalue weighted by molar-refractivity contribution is 6.05. The van der Waals surface area contributed by atoms with Gasteiger partial charge >= 0.3 is 0 Å². The van der Waals surface area contributed by atoms with E-state index < -0.39 is 0 Å². The van der Waals surface area contributed by atoms with Crippen LogP contribution in [0.25, 0.3) is 0 Å². The minimum Gasteiger partial charge on any atom is -0.495 e. The summed E-state index contributed by atoms with van der Waals surface area (Å²) in [7, 11) is 1.55. The number of hydrogen-bond donors (Lipinski definition) is 2. The normalized spacial score (nSPS) is 10.1. The highest BCUT2D eigenvalue weighted by Gasteiger charge is 2.10. The van der Waals surface area contributed by atoms with Crippen molar-refractivity contribution in [2.45, 2.75) is 6.42 Å². The Kier molecular flexibility index (Phi) is 5.84. The molecule has 0 radical (unpaired) electrons. The molecule has 2 amide bonds. The van der Waals surface area contributed by atoms with E-state index in [9.17, 15) is 9.59 Å². The van der Waals surface area contributed by atoms with E-state index in [0.29, 0.717) is 29.1 Å². The first kappa shape index (κ1) is 18.2. The average molecular weight is 360 g/mol. The van der Waals surface area contributed by atoms with Crippen molar-refractivity contribution in [3.63, 3.8) is 0 Å². The lowest BCUT2D eigenvalue weighted by Crippen LogP contribution is -2.15. The van der Waals surface area contributed by atoms with Crippen LogP contribution in [0.2, 0.25) is 0 Å². The smallest absolute Gasteiger partial charge is 0.255 e. The summed E-state index contributed by atoms with van der Waals surface area (Å²) in [6, 6.07) is 23.5. The molecule has 136 valence electrons. The van der Waals surface area contributed by atoms with Crippen molar-refractivity contribution in [1.29, 1.82) is 0 Å². The Morgan fingerprint density at radius 3 is 2.19 bits per heavy atom. The molecule has 0 fully saturated rings. The summed E-state index contributed by atoms with van der Waals surface area (Å²) in [6.45, 7) is 0. The summed E-state index contributed by atoms with van der Waals surface area (Å²) in [5.41, 5.74) is 2.68. The first-order valence-corrected chi connectivity index (χ1v) is 8.54. The number of methoxy groups -OCH3 is 1. The molecule has 3 aromatic carbocycles. The monoisotopic (exact) mass is 360 g/mol. The van der Waals surface area contributed by atoms with Gasteiger partial charge in [-0.15, -0.1) is 0 Å². The summed E-state index contributed by atoms with van der Waals surface area (Å²) < 4.78 is 5.23. The van der Waals surface area contributed by atoms with Crippen LogP contribution in [0, 0.1) is 0 Å². The fourth-order valence-electron chi connectivity index (χ4n) is 2.63. The second-order valence-electron chi connectivity index (χ2n) is 5.94. The van der Waals surface area contributed by atoms with Crippen molar-refractivity contribution in [3.8, 4) is 5.75 Å². The van der Waals surface area contributed by atoms with Gasteiger partial charge in [0.25, 0.3) is 5.91 Å². The minimum atomic E-state index is -0.248. The van der Waals surface area contributed by atoms with E-state index in [2.05, 4.69) is 10.6 Å². The predicted molar refractivity (Wildman–Crippen MR) is 106 cm³/mol. The van der Waals surface area contributed by atoms with Gasteiger partial charge in [-0.25, -0.2) is 0 Å². The van der Waals surface area contributed by atoms with E-state index in [1.807, 2.05) is 42.5 Å². The van der Waals surface area contributed by atoms with Crippen molar-refractivity contribution in [2.75, 3.05) is 17.7 Å². The summed E-state index contributed by atoms with van der Waals surface area (Å²) in [6.07, 6.45) is 0.302. The molecule has 3 rings (SSSR count). The number of carbonyl (C=O) groups excluding carboxylic acids is 2. The van der Waals surface area contributed by atoms with E-state index >= 15 is 0 Å². The van der Waals surface area contributed by atoms with Gasteiger partial charge in [-0.3, -0.25) is 9.59 Å². The lowest BCUT2D eigenvalue weighted by Gasteiger charge is -2.10. The maximum absolute atomic E-state index is 12.4. The molecule has 0 unspecified atom stereocenters. The first-order valence-electron chi connectivity index (χ1n) is 8.54. The molecular formula is C22H20N2O3. The van der Waals surface area contributed by atoms with Crippen molar-refractivity contribution in [3.05, 3.63) is 90.0 Å². The summed E-state index contributed by atoms with van der Waals surface area (Å²) in [5, 5.41) is 5.65. The molecule has 5 nitrogen and oxygen atoms in total. The molecule has 5 heteroatoms. The Labute approximate surface area is 158 Å². The van der Waals surface area contributed by atoms with Crippen LogP contribution < -0.4 is 15.4 Å². The van der Waals surface area contributed by atoms with Gasteiger partial charge < -0.3 is 15.4 Å². The van der Waals surface area contributed by atoms with Crippen LogP contribution in [0.15, 0.2) is 78.9 Å². The Morgan fingerprint density at radius 2 is 1.48 bits per heavy atom. The minimum absolute atomic E-state index is 0.104. The zero-order valence-electron chi connectivity index (χ0n) is 14.9. The van der Waals surface area contributed by atoms with Crippen molar-refractivity contribution in [2.24, 2.45) is 0 Å². The van der Waals surface area contributed by atoms with Crippen LogP contribution >= 0.6 is 0 Å². The fourth-order valence-corrected chi connectivity index (χ4v) is 2.63. The first-order chi connectivity index (χ1) is 13.2. The summed E-state index contributed by atoms with van der Waals surface area (Å²) in [4.78, 5) is 24.5. The van der Waals surface area contributed by atoms with E-state index in [0.717, 1.165) is 5.56 Å². The number of para-hydroxylation sites is 2. The Bertz CT molecular complexity index is 922. The molecule has 27 heavy (non-hydrogen) atoms. The van der Waals surface area contributed by atoms with E-state index in [1.165, 1.54) is 0 Å². The van der Waals surface area contributed by atoms with Gasteiger partial charge in [0.1, 0.15) is 5.75 Å². The molecule has 0 aromatic heterocycles.